The van der Waals surface area contributed by atoms with Crippen molar-refractivity contribution in [2.24, 2.45) is 10.6 Å². The summed E-state index contributed by atoms with van der Waals surface area (Å²) in [6, 6.07) is 4.23. The molecule has 10 heteroatoms. The molecule has 2 aromatic heterocycles. The molecule has 0 spiro atoms. The minimum atomic E-state index is -3.79. The summed E-state index contributed by atoms with van der Waals surface area (Å²) in [7, 11) is -3.79. The summed E-state index contributed by atoms with van der Waals surface area (Å²) < 4.78 is 22.6. The summed E-state index contributed by atoms with van der Waals surface area (Å²) in [5.41, 5.74) is -0.0319. The number of nitrogens with two attached hydrogens (primary N) is 1. The maximum Gasteiger partial charge on any atom is 0.261 e. The van der Waals surface area contributed by atoms with Gasteiger partial charge in [-0.25, -0.2) is 13.6 Å². The summed E-state index contributed by atoms with van der Waals surface area (Å²) >= 11 is 0.936. The molecule has 144 valence electrons. The van der Waals surface area contributed by atoms with Gasteiger partial charge in [-0.05, 0) is 30.0 Å². The topological polar surface area (TPSA) is 139 Å². The van der Waals surface area contributed by atoms with E-state index in [0.717, 1.165) is 11.3 Å². The van der Waals surface area contributed by atoms with E-state index in [1.807, 2.05) is 13.8 Å². The summed E-state index contributed by atoms with van der Waals surface area (Å²) in [6.07, 6.45) is 0.898. The van der Waals surface area contributed by atoms with E-state index in [4.69, 9.17) is 5.14 Å². The fourth-order valence-corrected chi connectivity index (χ4v) is 4.78. The van der Waals surface area contributed by atoms with Crippen LogP contribution in [0.15, 0.2) is 27.2 Å². The van der Waals surface area contributed by atoms with Crippen LogP contribution in [-0.2, 0) is 23.0 Å². The van der Waals surface area contributed by atoms with Crippen LogP contribution in [0.1, 0.15) is 51.6 Å². The van der Waals surface area contributed by atoms with Crippen LogP contribution >= 0.6 is 11.3 Å². The third kappa shape index (κ3) is 4.18. The van der Waals surface area contributed by atoms with Gasteiger partial charge in [0.05, 0.1) is 6.54 Å². The summed E-state index contributed by atoms with van der Waals surface area (Å²) in [5, 5.41) is 7.62. The van der Waals surface area contributed by atoms with E-state index < -0.39 is 21.5 Å². The lowest BCUT2D eigenvalue weighted by atomic mass is 9.75. The molecule has 2 aromatic rings. The number of H-pyrrole nitrogens is 1. The number of hydrogen-bond donors (Lipinski definition) is 3. The second kappa shape index (κ2) is 6.70. The molecule has 0 aromatic carbocycles. The number of rotatable bonds is 4. The van der Waals surface area contributed by atoms with Gasteiger partial charge in [0.15, 0.2) is 5.78 Å². The van der Waals surface area contributed by atoms with Crippen LogP contribution in [0.25, 0.3) is 0 Å². The number of thiophene rings is 1. The zero-order chi connectivity index (χ0) is 20.0. The Balaban J connectivity index is 1.80. The van der Waals surface area contributed by atoms with Gasteiger partial charge < -0.3 is 10.3 Å². The van der Waals surface area contributed by atoms with Gasteiger partial charge in [0.25, 0.3) is 11.5 Å². The SMILES string of the molecule is CC1(C)CC(=O)c2cc(C(=O)NCc3ccc(S(N)(=O)=O)s3)c(=O)[nH]c2C1. The minimum absolute atomic E-state index is 0.00779. The number of carbonyl (C=O) groups excluding carboxylic acids is 2. The Labute approximate surface area is 159 Å². The summed E-state index contributed by atoms with van der Waals surface area (Å²) in [5.74, 6) is -0.746. The van der Waals surface area contributed by atoms with Crippen molar-refractivity contribution in [3.63, 3.8) is 0 Å². The number of aromatic amines is 1. The van der Waals surface area contributed by atoms with Crippen molar-refractivity contribution in [2.45, 2.75) is 37.4 Å². The van der Waals surface area contributed by atoms with Gasteiger partial charge in [0.2, 0.25) is 10.0 Å². The van der Waals surface area contributed by atoms with E-state index in [0.29, 0.717) is 29.0 Å². The molecule has 1 amide bonds. The molecule has 0 bridgehead atoms. The molecule has 0 unspecified atom stereocenters. The van der Waals surface area contributed by atoms with Crippen LogP contribution in [-0.4, -0.2) is 25.1 Å². The van der Waals surface area contributed by atoms with Crippen molar-refractivity contribution < 1.29 is 18.0 Å². The molecule has 4 N–H and O–H groups in total. The zero-order valence-corrected chi connectivity index (χ0v) is 16.4. The molecule has 3 rings (SSSR count). The lowest BCUT2D eigenvalue weighted by Gasteiger charge is -2.29. The number of Topliss-reactive ketones (excluding diaryl/α,β-unsaturated/α-hetero) is 1. The molecule has 2 heterocycles. The lowest BCUT2D eigenvalue weighted by Crippen LogP contribution is -2.34. The van der Waals surface area contributed by atoms with Gasteiger partial charge >= 0.3 is 0 Å². The van der Waals surface area contributed by atoms with Gasteiger partial charge in [-0.15, -0.1) is 11.3 Å². The van der Waals surface area contributed by atoms with Crippen LogP contribution in [0.5, 0.6) is 0 Å². The van der Waals surface area contributed by atoms with Gasteiger partial charge in [-0.2, -0.15) is 0 Å². The number of carbonyl (C=O) groups is 2. The van der Waals surface area contributed by atoms with Crippen LogP contribution in [0, 0.1) is 5.41 Å². The van der Waals surface area contributed by atoms with Crippen molar-refractivity contribution in [1.29, 1.82) is 0 Å². The molecular formula is C17H19N3O5S2. The van der Waals surface area contributed by atoms with Crippen molar-refractivity contribution in [3.05, 3.63) is 50.3 Å². The monoisotopic (exact) mass is 409 g/mol. The van der Waals surface area contributed by atoms with Gasteiger partial charge in [-0.3, -0.25) is 14.4 Å². The minimum Gasteiger partial charge on any atom is -0.347 e. The van der Waals surface area contributed by atoms with Gasteiger partial charge in [-0.1, -0.05) is 13.8 Å². The van der Waals surface area contributed by atoms with Crippen LogP contribution in [0.3, 0.4) is 0 Å². The Morgan fingerprint density at radius 1 is 1.30 bits per heavy atom. The average molecular weight is 409 g/mol. The highest BCUT2D eigenvalue weighted by atomic mass is 32.2. The molecule has 0 fully saturated rings. The normalized spacial score (nSPS) is 16.0. The Kier molecular flexibility index (Phi) is 4.83. The van der Waals surface area contributed by atoms with Crippen molar-refractivity contribution in [3.8, 4) is 0 Å². The van der Waals surface area contributed by atoms with E-state index >= 15 is 0 Å². The molecular weight excluding hydrogens is 390 g/mol. The highest BCUT2D eigenvalue weighted by Gasteiger charge is 2.32. The van der Waals surface area contributed by atoms with E-state index in [2.05, 4.69) is 10.3 Å². The number of ketones is 1. The second-order valence-corrected chi connectivity index (χ2v) is 10.3. The molecule has 1 aliphatic rings. The Hall–Kier alpha value is -2.30. The first-order valence-corrected chi connectivity index (χ1v) is 10.5. The van der Waals surface area contributed by atoms with E-state index in [-0.39, 0.29) is 27.5 Å². The lowest BCUT2D eigenvalue weighted by molar-refractivity contribution is 0.0910. The maximum atomic E-state index is 12.4. The van der Waals surface area contributed by atoms with E-state index in [1.54, 1.807) is 0 Å². The second-order valence-electron chi connectivity index (χ2n) is 7.29. The average Bonchev–Trinajstić information content (AvgIpc) is 3.00. The number of sulfonamides is 1. The first-order valence-electron chi connectivity index (χ1n) is 8.15. The highest BCUT2D eigenvalue weighted by molar-refractivity contribution is 7.91. The molecule has 0 saturated heterocycles. The predicted octanol–water partition coefficient (Wildman–Crippen LogP) is 1.17. The Bertz CT molecular complexity index is 1100. The standard InChI is InChI=1S/C17H19N3O5S2/c1-17(2)6-12-10(13(21)7-17)5-11(16(23)20-12)15(22)19-8-9-3-4-14(26-9)27(18,24)25/h3-5H,6-8H2,1-2H3,(H,19,22)(H,20,23)(H2,18,24,25). The number of nitrogens with one attached hydrogen (secondary N) is 2. The Morgan fingerprint density at radius 3 is 2.63 bits per heavy atom. The molecule has 8 nitrogen and oxygen atoms in total. The fourth-order valence-electron chi connectivity index (χ4n) is 3.07. The van der Waals surface area contributed by atoms with E-state index in [9.17, 15) is 22.8 Å². The molecule has 0 atom stereocenters. The fraction of sp³-hybridized carbons (Fsp3) is 0.353. The quantitative estimate of drug-likeness (QED) is 0.695. The third-order valence-corrected chi connectivity index (χ3v) is 6.83. The maximum absolute atomic E-state index is 12.4. The Morgan fingerprint density at radius 2 is 2.00 bits per heavy atom. The van der Waals surface area contributed by atoms with Crippen molar-refractivity contribution in [2.75, 3.05) is 0 Å². The van der Waals surface area contributed by atoms with Gasteiger partial charge in [0.1, 0.15) is 9.77 Å². The number of aromatic nitrogens is 1. The number of hydrogen-bond acceptors (Lipinski definition) is 6. The summed E-state index contributed by atoms with van der Waals surface area (Å²) in [4.78, 5) is 40.2. The molecule has 0 radical (unpaired) electrons. The first-order chi connectivity index (χ1) is 12.5. The number of fused-ring (bicyclic) bond motifs is 1. The van der Waals surface area contributed by atoms with E-state index in [1.165, 1.54) is 18.2 Å². The molecule has 0 aliphatic heterocycles. The highest BCUT2D eigenvalue weighted by Crippen LogP contribution is 2.33. The van der Waals surface area contributed by atoms with Crippen LogP contribution < -0.4 is 16.0 Å². The van der Waals surface area contributed by atoms with Crippen LogP contribution in [0.4, 0.5) is 0 Å². The largest absolute Gasteiger partial charge is 0.347 e. The number of amides is 1. The zero-order valence-electron chi connectivity index (χ0n) is 14.8. The molecule has 0 saturated carbocycles. The molecule has 27 heavy (non-hydrogen) atoms. The van der Waals surface area contributed by atoms with Crippen molar-refractivity contribution in [1.82, 2.24) is 10.3 Å². The third-order valence-electron chi connectivity index (χ3n) is 4.30. The van der Waals surface area contributed by atoms with Crippen molar-refractivity contribution >= 4 is 33.1 Å². The first kappa shape index (κ1) is 19.5. The molecule has 1 aliphatic carbocycles. The van der Waals surface area contributed by atoms with Crippen LogP contribution in [0.2, 0.25) is 0 Å². The predicted molar refractivity (Wildman–Crippen MR) is 100 cm³/mol. The number of pyridine rings is 1. The van der Waals surface area contributed by atoms with Gasteiger partial charge in [0, 0.05) is 22.6 Å². The summed E-state index contributed by atoms with van der Waals surface area (Å²) in [6.45, 7) is 3.93. The number of primary sulfonamides is 1. The smallest absolute Gasteiger partial charge is 0.261 e.